The Kier molecular flexibility index (Phi) is 11.2. The molecule has 0 fully saturated rings. The second-order valence-electron chi connectivity index (χ2n) is 2.26. The van der Waals surface area contributed by atoms with Gasteiger partial charge in [0, 0.05) is 5.57 Å². The molecule has 0 aromatic rings. The van der Waals surface area contributed by atoms with Crippen molar-refractivity contribution in [2.75, 3.05) is 7.11 Å². The third-order valence-corrected chi connectivity index (χ3v) is 0.980. The van der Waals surface area contributed by atoms with E-state index in [-0.39, 0.29) is 0 Å². The Balaban J connectivity index is 0. The highest BCUT2D eigenvalue weighted by Crippen LogP contribution is 2.04. The van der Waals surface area contributed by atoms with Gasteiger partial charge in [-0.2, -0.15) is 0 Å². The van der Waals surface area contributed by atoms with E-state index in [0.29, 0.717) is 5.88 Å². The van der Waals surface area contributed by atoms with E-state index < -0.39 is 0 Å². The molecule has 0 N–H and O–H groups in total. The zero-order chi connectivity index (χ0) is 9.98. The number of allylic oxidation sites excluding steroid dienone is 2. The zero-order valence-corrected chi connectivity index (χ0v) is 8.55. The van der Waals surface area contributed by atoms with E-state index in [1.54, 1.807) is 13.2 Å². The fourth-order valence-electron chi connectivity index (χ4n) is 0.438. The second-order valence-corrected chi connectivity index (χ2v) is 2.26. The quantitative estimate of drug-likeness (QED) is 0.361. The Labute approximate surface area is 75.7 Å². The van der Waals surface area contributed by atoms with E-state index in [1.807, 2.05) is 6.92 Å². The molecule has 12 heavy (non-hydrogen) atoms. The summed E-state index contributed by atoms with van der Waals surface area (Å²) < 4.78 is 4.83. The molecule has 0 radical (unpaired) electrons. The molecule has 0 aliphatic heterocycles. The lowest BCUT2D eigenvalue weighted by molar-refractivity contribution is 0.286. The summed E-state index contributed by atoms with van der Waals surface area (Å²) in [6.07, 6.45) is 2.92. The molecule has 0 bridgehead atoms. The van der Waals surface area contributed by atoms with Crippen LogP contribution in [0.15, 0.2) is 29.1 Å². The van der Waals surface area contributed by atoms with E-state index in [1.165, 1.54) is 6.42 Å². The molecule has 0 saturated carbocycles. The predicted octanol–water partition coefficient (Wildman–Crippen LogP) is 3.17. The SMILES string of the molecule is C=C/C(C)=C(\N=C)OC.CCC. The lowest BCUT2D eigenvalue weighted by Gasteiger charge is -1.99. The van der Waals surface area contributed by atoms with Crippen LogP contribution in [0.5, 0.6) is 0 Å². The molecule has 0 atom stereocenters. The van der Waals surface area contributed by atoms with Crippen molar-refractivity contribution in [2.45, 2.75) is 27.2 Å². The van der Waals surface area contributed by atoms with Crippen molar-refractivity contribution in [1.82, 2.24) is 0 Å². The molecule has 2 heteroatoms. The van der Waals surface area contributed by atoms with Crippen LogP contribution in [0.1, 0.15) is 27.2 Å². The first-order valence-electron chi connectivity index (χ1n) is 4.01. The van der Waals surface area contributed by atoms with Crippen LogP contribution in [0, 0.1) is 0 Å². The van der Waals surface area contributed by atoms with E-state index in [9.17, 15) is 0 Å². The smallest absolute Gasteiger partial charge is 0.215 e. The highest BCUT2D eigenvalue weighted by molar-refractivity contribution is 5.30. The lowest BCUT2D eigenvalue weighted by Crippen LogP contribution is -1.84. The van der Waals surface area contributed by atoms with Crippen LogP contribution in [0.2, 0.25) is 0 Å². The van der Waals surface area contributed by atoms with Crippen molar-refractivity contribution < 1.29 is 4.74 Å². The average molecular weight is 169 g/mol. The van der Waals surface area contributed by atoms with Gasteiger partial charge in [-0.15, -0.1) is 0 Å². The largest absolute Gasteiger partial charge is 0.481 e. The van der Waals surface area contributed by atoms with Gasteiger partial charge in [0.15, 0.2) is 0 Å². The predicted molar refractivity (Wildman–Crippen MR) is 55.4 cm³/mol. The molecule has 0 amide bonds. The Morgan fingerprint density at radius 2 is 1.92 bits per heavy atom. The Bertz CT molecular complexity index is 159. The topological polar surface area (TPSA) is 21.6 Å². The van der Waals surface area contributed by atoms with Crippen molar-refractivity contribution >= 4 is 6.72 Å². The molecule has 0 unspecified atom stereocenters. The zero-order valence-electron chi connectivity index (χ0n) is 8.55. The number of ether oxygens (including phenoxy) is 1. The molecule has 0 rings (SSSR count). The van der Waals surface area contributed by atoms with Gasteiger partial charge < -0.3 is 4.74 Å². The van der Waals surface area contributed by atoms with Gasteiger partial charge in [-0.3, -0.25) is 0 Å². The first kappa shape index (κ1) is 13.5. The van der Waals surface area contributed by atoms with Crippen LogP contribution in [0.25, 0.3) is 0 Å². The fraction of sp³-hybridized carbons (Fsp3) is 0.500. The van der Waals surface area contributed by atoms with E-state index in [2.05, 4.69) is 32.1 Å². The van der Waals surface area contributed by atoms with Crippen molar-refractivity contribution in [3.63, 3.8) is 0 Å². The van der Waals surface area contributed by atoms with Crippen LogP contribution in [-0.2, 0) is 4.74 Å². The second kappa shape index (κ2) is 9.95. The van der Waals surface area contributed by atoms with Crippen LogP contribution in [0.4, 0.5) is 0 Å². The summed E-state index contributed by atoms with van der Waals surface area (Å²) in [4.78, 5) is 3.61. The molecule has 2 nitrogen and oxygen atoms in total. The Morgan fingerprint density at radius 3 is 2.00 bits per heavy atom. The molecular formula is C10H19NO. The summed E-state index contributed by atoms with van der Waals surface area (Å²) in [6.45, 7) is 13.0. The van der Waals surface area contributed by atoms with Gasteiger partial charge in [0.25, 0.3) is 0 Å². The van der Waals surface area contributed by atoms with Gasteiger partial charge in [0.2, 0.25) is 5.88 Å². The number of rotatable bonds is 3. The van der Waals surface area contributed by atoms with Crippen molar-refractivity contribution in [2.24, 2.45) is 4.99 Å². The highest BCUT2D eigenvalue weighted by atomic mass is 16.5. The molecule has 0 saturated heterocycles. The van der Waals surface area contributed by atoms with Gasteiger partial charge in [-0.05, 0) is 13.6 Å². The van der Waals surface area contributed by atoms with Crippen molar-refractivity contribution in [3.8, 4) is 0 Å². The van der Waals surface area contributed by atoms with Crippen LogP contribution >= 0.6 is 0 Å². The minimum Gasteiger partial charge on any atom is -0.481 e. The van der Waals surface area contributed by atoms with Crippen LogP contribution in [0.3, 0.4) is 0 Å². The molecule has 0 aromatic heterocycles. The summed E-state index contributed by atoms with van der Waals surface area (Å²) >= 11 is 0. The lowest BCUT2D eigenvalue weighted by atomic mass is 10.3. The normalized spacial score (nSPS) is 10.3. The summed E-state index contributed by atoms with van der Waals surface area (Å²) in [7, 11) is 1.55. The molecular weight excluding hydrogens is 150 g/mol. The van der Waals surface area contributed by atoms with Gasteiger partial charge in [-0.25, -0.2) is 4.99 Å². The van der Waals surface area contributed by atoms with Crippen molar-refractivity contribution in [3.05, 3.63) is 24.1 Å². The number of hydrogen-bond donors (Lipinski definition) is 0. The molecule has 0 aliphatic carbocycles. The monoisotopic (exact) mass is 169 g/mol. The first-order valence-corrected chi connectivity index (χ1v) is 4.01. The summed E-state index contributed by atoms with van der Waals surface area (Å²) in [5.41, 5.74) is 0.896. The third kappa shape index (κ3) is 7.06. The fourth-order valence-corrected chi connectivity index (χ4v) is 0.438. The standard InChI is InChI=1S/C7H11NO.C3H8/c1-5-6(2)7(8-3)9-4;1-3-2/h5H,1,3H2,2,4H3;3H2,1-2H3/b7-6+;. The van der Waals surface area contributed by atoms with E-state index >= 15 is 0 Å². The molecule has 0 heterocycles. The van der Waals surface area contributed by atoms with Crippen LogP contribution in [-0.4, -0.2) is 13.8 Å². The first-order chi connectivity index (χ1) is 5.67. The number of hydrogen-bond acceptors (Lipinski definition) is 2. The third-order valence-electron chi connectivity index (χ3n) is 0.980. The van der Waals surface area contributed by atoms with Crippen molar-refractivity contribution in [1.29, 1.82) is 0 Å². The number of aliphatic imine (C=N–C) groups is 1. The van der Waals surface area contributed by atoms with Crippen LogP contribution < -0.4 is 0 Å². The maximum absolute atomic E-state index is 4.83. The molecule has 0 spiro atoms. The maximum atomic E-state index is 4.83. The number of nitrogens with zero attached hydrogens (tertiary/aromatic N) is 1. The van der Waals surface area contributed by atoms with Gasteiger partial charge in [-0.1, -0.05) is 32.9 Å². The average Bonchev–Trinajstić information content (AvgIpc) is 2.08. The summed E-state index contributed by atoms with van der Waals surface area (Å²) in [5, 5.41) is 0. The Hall–Kier alpha value is -1.05. The Morgan fingerprint density at radius 1 is 1.50 bits per heavy atom. The minimum absolute atomic E-state index is 0.532. The van der Waals surface area contributed by atoms with Gasteiger partial charge >= 0.3 is 0 Å². The van der Waals surface area contributed by atoms with E-state index in [4.69, 9.17) is 4.74 Å². The minimum atomic E-state index is 0.532. The molecule has 0 aliphatic rings. The highest BCUT2D eigenvalue weighted by Gasteiger charge is 1.91. The summed E-state index contributed by atoms with van der Waals surface area (Å²) in [6, 6.07) is 0. The van der Waals surface area contributed by atoms with Gasteiger partial charge in [0.05, 0.1) is 7.11 Å². The number of methoxy groups -OCH3 is 1. The summed E-state index contributed by atoms with van der Waals surface area (Å²) in [5.74, 6) is 0.532. The molecule has 70 valence electrons. The molecule has 0 aromatic carbocycles. The van der Waals surface area contributed by atoms with E-state index in [0.717, 1.165) is 5.57 Å². The van der Waals surface area contributed by atoms with Gasteiger partial charge in [0.1, 0.15) is 0 Å². The maximum Gasteiger partial charge on any atom is 0.215 e.